The van der Waals surface area contributed by atoms with Crippen LogP contribution in [0, 0.1) is 5.92 Å². The molecule has 0 bridgehead atoms. The molecule has 0 unspecified atom stereocenters. The van der Waals surface area contributed by atoms with Crippen molar-refractivity contribution < 1.29 is 5.11 Å². The summed E-state index contributed by atoms with van der Waals surface area (Å²) in [5.41, 5.74) is 0.912. The third-order valence-corrected chi connectivity index (χ3v) is 5.42. The number of guanidine groups is 1. The Morgan fingerprint density at radius 3 is 2.48 bits per heavy atom. The maximum absolute atomic E-state index is 10.3. The Morgan fingerprint density at radius 1 is 1.24 bits per heavy atom. The summed E-state index contributed by atoms with van der Waals surface area (Å²) in [6.07, 6.45) is 6.53. The van der Waals surface area contributed by atoms with Crippen LogP contribution >= 0.6 is 24.0 Å². The van der Waals surface area contributed by atoms with Gasteiger partial charge in [-0.2, -0.15) is 0 Å². The number of rotatable bonds is 5. The number of halogens is 1. The first-order chi connectivity index (χ1) is 11.7. The van der Waals surface area contributed by atoms with Gasteiger partial charge in [-0.1, -0.05) is 30.3 Å². The molecule has 1 saturated carbocycles. The van der Waals surface area contributed by atoms with Crippen LogP contribution in [-0.4, -0.2) is 47.7 Å². The van der Waals surface area contributed by atoms with Crippen molar-refractivity contribution in [1.82, 2.24) is 10.2 Å². The molecule has 1 aliphatic carbocycles. The zero-order chi connectivity index (χ0) is 16.8. The van der Waals surface area contributed by atoms with E-state index >= 15 is 0 Å². The molecule has 3 rings (SSSR count). The minimum Gasteiger partial charge on any atom is -0.388 e. The number of nitrogens with zero attached hydrogens (tertiary/aromatic N) is 2. The van der Waals surface area contributed by atoms with Crippen LogP contribution in [0.15, 0.2) is 35.3 Å². The van der Waals surface area contributed by atoms with E-state index in [0.29, 0.717) is 6.54 Å². The minimum atomic E-state index is -0.535. The summed E-state index contributed by atoms with van der Waals surface area (Å²) >= 11 is 0. The number of hydrogen-bond donors (Lipinski definition) is 2. The molecule has 0 amide bonds. The monoisotopic (exact) mass is 457 g/mol. The first-order valence-electron chi connectivity index (χ1n) is 9.48. The maximum Gasteiger partial charge on any atom is 0.194 e. The Balaban J connectivity index is 0.00000225. The van der Waals surface area contributed by atoms with Crippen molar-refractivity contribution in [2.24, 2.45) is 10.9 Å². The molecule has 1 aromatic carbocycles. The first kappa shape index (κ1) is 20.5. The van der Waals surface area contributed by atoms with E-state index in [4.69, 9.17) is 4.99 Å². The molecule has 2 fully saturated rings. The van der Waals surface area contributed by atoms with E-state index in [1.54, 1.807) is 0 Å². The molecule has 0 spiro atoms. The number of nitrogens with one attached hydrogen (secondary N) is 1. The van der Waals surface area contributed by atoms with Gasteiger partial charge in [-0.3, -0.25) is 4.99 Å². The van der Waals surface area contributed by atoms with Crippen LogP contribution in [0.5, 0.6) is 0 Å². The number of likely N-dealkylation sites (tertiary alicyclic amines) is 1. The molecule has 1 aliphatic heterocycles. The van der Waals surface area contributed by atoms with Crippen molar-refractivity contribution in [3.05, 3.63) is 35.9 Å². The Kier molecular flexibility index (Phi) is 8.00. The third-order valence-electron chi connectivity index (χ3n) is 5.42. The second kappa shape index (κ2) is 9.76. The van der Waals surface area contributed by atoms with Gasteiger partial charge < -0.3 is 15.3 Å². The van der Waals surface area contributed by atoms with Gasteiger partial charge in [0, 0.05) is 19.6 Å². The summed E-state index contributed by atoms with van der Waals surface area (Å²) in [5, 5.41) is 13.7. The normalized spacial score (nSPS) is 20.6. The molecule has 1 aromatic rings. The van der Waals surface area contributed by atoms with Crippen molar-refractivity contribution in [2.75, 3.05) is 26.2 Å². The van der Waals surface area contributed by atoms with Crippen LogP contribution in [0.25, 0.3) is 0 Å². The second-order valence-corrected chi connectivity index (χ2v) is 7.37. The lowest BCUT2D eigenvalue weighted by Gasteiger charge is -2.37. The molecule has 4 nitrogen and oxygen atoms in total. The lowest BCUT2D eigenvalue weighted by atomic mass is 9.80. The van der Waals surface area contributed by atoms with Crippen LogP contribution in [0.3, 0.4) is 0 Å². The predicted molar refractivity (Wildman–Crippen MR) is 115 cm³/mol. The average molecular weight is 457 g/mol. The lowest BCUT2D eigenvalue weighted by molar-refractivity contribution is -0.0238. The van der Waals surface area contributed by atoms with Gasteiger partial charge in [-0.25, -0.2) is 0 Å². The van der Waals surface area contributed by atoms with Gasteiger partial charge in [-0.05, 0) is 56.9 Å². The molecule has 140 valence electrons. The smallest absolute Gasteiger partial charge is 0.194 e. The summed E-state index contributed by atoms with van der Waals surface area (Å²) in [6.45, 7) is 5.64. The molecule has 0 radical (unpaired) electrons. The van der Waals surface area contributed by atoms with Crippen LogP contribution < -0.4 is 5.32 Å². The molecule has 0 aromatic heterocycles. The fourth-order valence-corrected chi connectivity index (χ4v) is 3.69. The van der Waals surface area contributed by atoms with Crippen LogP contribution in [-0.2, 0) is 6.42 Å². The van der Waals surface area contributed by atoms with Crippen molar-refractivity contribution in [3.8, 4) is 0 Å². The van der Waals surface area contributed by atoms with Gasteiger partial charge in [0.15, 0.2) is 5.96 Å². The Bertz CT molecular complexity index is 537. The molecule has 2 N–H and O–H groups in total. The highest BCUT2D eigenvalue weighted by Gasteiger charge is 2.34. The van der Waals surface area contributed by atoms with E-state index in [0.717, 1.165) is 50.8 Å². The van der Waals surface area contributed by atoms with Gasteiger partial charge in [0.25, 0.3) is 0 Å². The number of piperidine rings is 1. The molecule has 0 atom stereocenters. The molecule has 25 heavy (non-hydrogen) atoms. The molecule has 1 saturated heterocycles. The third kappa shape index (κ3) is 5.84. The Hall–Kier alpha value is -0.820. The maximum atomic E-state index is 10.3. The quantitative estimate of drug-likeness (QED) is 0.405. The first-order valence-corrected chi connectivity index (χ1v) is 9.48. The second-order valence-electron chi connectivity index (χ2n) is 7.37. The van der Waals surface area contributed by atoms with Crippen molar-refractivity contribution in [3.63, 3.8) is 0 Å². The summed E-state index contributed by atoms with van der Waals surface area (Å²) in [7, 11) is 0. The number of hydrogen-bond acceptors (Lipinski definition) is 2. The van der Waals surface area contributed by atoms with Crippen molar-refractivity contribution in [1.29, 1.82) is 0 Å². The van der Waals surface area contributed by atoms with E-state index in [9.17, 15) is 5.11 Å². The number of aliphatic imine (C=N–C) groups is 1. The van der Waals surface area contributed by atoms with Gasteiger partial charge >= 0.3 is 0 Å². The standard InChI is InChI=1S/C20H31N3O.HI/c1-2-21-19(22-16-20(24)11-6-12-20)23-13-9-18(10-14-23)15-17-7-4-3-5-8-17;/h3-5,7-8,18,24H,2,6,9-16H2,1H3,(H,21,22);1H. The Morgan fingerprint density at radius 2 is 1.92 bits per heavy atom. The fraction of sp³-hybridized carbons (Fsp3) is 0.650. The van der Waals surface area contributed by atoms with E-state index in [-0.39, 0.29) is 24.0 Å². The zero-order valence-electron chi connectivity index (χ0n) is 15.3. The largest absolute Gasteiger partial charge is 0.388 e. The lowest BCUT2D eigenvalue weighted by Crippen LogP contribution is -2.47. The fourth-order valence-electron chi connectivity index (χ4n) is 3.69. The highest BCUT2D eigenvalue weighted by molar-refractivity contribution is 14.0. The van der Waals surface area contributed by atoms with Crippen molar-refractivity contribution >= 4 is 29.9 Å². The number of aliphatic hydroxyl groups is 1. The van der Waals surface area contributed by atoms with Crippen LogP contribution in [0.4, 0.5) is 0 Å². The molecule has 1 heterocycles. The highest BCUT2D eigenvalue weighted by Crippen LogP contribution is 2.31. The molecule has 2 aliphatic rings. The van der Waals surface area contributed by atoms with Gasteiger partial charge in [0.1, 0.15) is 0 Å². The molecular formula is C20H32IN3O. The summed E-state index contributed by atoms with van der Waals surface area (Å²) in [4.78, 5) is 7.09. The average Bonchev–Trinajstić information content (AvgIpc) is 2.59. The van der Waals surface area contributed by atoms with E-state index in [2.05, 4.69) is 47.5 Å². The van der Waals surface area contributed by atoms with E-state index in [1.165, 1.54) is 24.8 Å². The van der Waals surface area contributed by atoms with E-state index in [1.807, 2.05) is 0 Å². The topological polar surface area (TPSA) is 47.9 Å². The molecule has 5 heteroatoms. The van der Waals surface area contributed by atoms with Crippen LogP contribution in [0.1, 0.15) is 44.6 Å². The minimum absolute atomic E-state index is 0. The van der Waals surface area contributed by atoms with Crippen molar-refractivity contribution in [2.45, 2.75) is 51.0 Å². The van der Waals surface area contributed by atoms with Gasteiger partial charge in [-0.15, -0.1) is 24.0 Å². The summed E-state index contributed by atoms with van der Waals surface area (Å²) in [6, 6.07) is 10.8. The van der Waals surface area contributed by atoms with Gasteiger partial charge in [0.2, 0.25) is 0 Å². The predicted octanol–water partition coefficient (Wildman–Crippen LogP) is 3.44. The summed E-state index contributed by atoms with van der Waals surface area (Å²) < 4.78 is 0. The SMILES string of the molecule is CCNC(=NCC1(O)CCC1)N1CCC(Cc2ccccc2)CC1.I. The zero-order valence-corrected chi connectivity index (χ0v) is 17.6. The molecular weight excluding hydrogens is 425 g/mol. The van der Waals surface area contributed by atoms with E-state index < -0.39 is 5.60 Å². The van der Waals surface area contributed by atoms with Crippen LogP contribution in [0.2, 0.25) is 0 Å². The number of benzene rings is 1. The Labute approximate surface area is 169 Å². The van der Waals surface area contributed by atoms with Gasteiger partial charge in [0.05, 0.1) is 12.1 Å². The highest BCUT2D eigenvalue weighted by atomic mass is 127. The summed E-state index contributed by atoms with van der Waals surface area (Å²) in [5.74, 6) is 1.75.